The molecule has 44 heavy (non-hydrogen) atoms. The van der Waals surface area contributed by atoms with Gasteiger partial charge in [-0.15, -0.1) is 11.3 Å². The van der Waals surface area contributed by atoms with Crippen LogP contribution in [0.5, 0.6) is 5.75 Å². The van der Waals surface area contributed by atoms with Gasteiger partial charge in [-0.1, -0.05) is 41.9 Å². The number of amides is 1. The zero-order valence-electron chi connectivity index (χ0n) is 23.0. The van der Waals surface area contributed by atoms with Gasteiger partial charge in [0.25, 0.3) is 10.0 Å². The zero-order valence-corrected chi connectivity index (χ0v) is 25.4. The van der Waals surface area contributed by atoms with Crippen molar-refractivity contribution in [1.82, 2.24) is 14.7 Å². The number of halogens is 4. The third-order valence-corrected chi connectivity index (χ3v) is 9.71. The van der Waals surface area contributed by atoms with Crippen molar-refractivity contribution in [1.29, 1.82) is 0 Å². The van der Waals surface area contributed by atoms with Crippen LogP contribution < -0.4 is 15.2 Å². The van der Waals surface area contributed by atoms with Crippen LogP contribution in [0.4, 0.5) is 19.0 Å². The summed E-state index contributed by atoms with van der Waals surface area (Å²) in [6.45, 7) is 1.87. The van der Waals surface area contributed by atoms with Crippen molar-refractivity contribution < 1.29 is 41.0 Å². The number of nitrogens with zero attached hydrogens (tertiary/aromatic N) is 3. The number of aliphatic carboxylic acids is 1. The first-order valence-electron chi connectivity index (χ1n) is 12.9. The van der Waals surface area contributed by atoms with Crippen LogP contribution in [0.3, 0.4) is 0 Å². The normalized spacial score (nSPS) is 15.5. The topological polar surface area (TPSA) is 157 Å². The molecule has 1 fully saturated rings. The Balaban J connectivity index is 0.000000566. The number of sulfonamides is 1. The van der Waals surface area contributed by atoms with Crippen LogP contribution in [-0.4, -0.2) is 66.0 Å². The monoisotopic (exact) mass is 673 g/mol. The van der Waals surface area contributed by atoms with Crippen LogP contribution in [0, 0.1) is 0 Å². The first-order chi connectivity index (χ1) is 20.7. The Morgan fingerprint density at radius 2 is 1.82 bits per heavy atom. The van der Waals surface area contributed by atoms with E-state index in [1.54, 1.807) is 16.8 Å². The van der Waals surface area contributed by atoms with Crippen LogP contribution in [0.15, 0.2) is 58.8 Å². The fraction of sp³-hybridized carbons (Fsp3) is 0.296. The summed E-state index contributed by atoms with van der Waals surface area (Å²) in [6, 6.07) is 16.3. The number of primary amides is 1. The second kappa shape index (κ2) is 13.4. The molecule has 0 saturated carbocycles. The summed E-state index contributed by atoms with van der Waals surface area (Å²) in [5.41, 5.74) is 8.35. The summed E-state index contributed by atoms with van der Waals surface area (Å²) < 4.78 is 68.1. The number of likely N-dealkylation sites (tertiary alicyclic amines) is 1. The fourth-order valence-electron chi connectivity index (χ4n) is 4.75. The highest BCUT2D eigenvalue weighted by molar-refractivity contribution is 7.94. The summed E-state index contributed by atoms with van der Waals surface area (Å²) in [5.74, 6) is -2.36. The largest absolute Gasteiger partial charge is 0.496 e. The molecule has 236 valence electrons. The number of benzene rings is 2. The number of carbonyl (C=O) groups excluding carboxylic acids is 1. The Labute approximate surface area is 259 Å². The number of carboxylic acids is 1. The first kappa shape index (κ1) is 33.0. The van der Waals surface area contributed by atoms with Crippen molar-refractivity contribution >= 4 is 61.6 Å². The Morgan fingerprint density at radius 3 is 2.41 bits per heavy atom. The maximum atomic E-state index is 13.0. The molecule has 0 radical (unpaired) electrons. The van der Waals surface area contributed by atoms with Crippen molar-refractivity contribution in [3.63, 3.8) is 0 Å². The SMILES string of the molecule is COc1cccc2c1c(NS(=O)(=O)c1ccc(Cl)s1)nn2Cc1cccc(CN2CCC[C@H]2C(N)=O)c1.O=C(O)C(F)(F)F. The number of thiophene rings is 1. The third kappa shape index (κ3) is 7.80. The number of hydrogen-bond acceptors (Lipinski definition) is 8. The van der Waals surface area contributed by atoms with Crippen molar-refractivity contribution in [3.8, 4) is 5.75 Å². The van der Waals surface area contributed by atoms with Gasteiger partial charge in [-0.3, -0.25) is 19.1 Å². The van der Waals surface area contributed by atoms with E-state index in [1.165, 1.54) is 13.2 Å². The van der Waals surface area contributed by atoms with Gasteiger partial charge < -0.3 is 15.6 Å². The molecular formula is C27H27ClF3N5O6S2. The molecule has 2 aromatic heterocycles. The Hall–Kier alpha value is -3.86. The predicted octanol–water partition coefficient (Wildman–Crippen LogP) is 4.69. The molecule has 0 unspecified atom stereocenters. The molecule has 1 aliphatic heterocycles. The van der Waals surface area contributed by atoms with E-state index in [0.29, 0.717) is 28.6 Å². The molecule has 17 heteroatoms. The number of ether oxygens (including phenoxy) is 1. The number of rotatable bonds is 9. The molecule has 5 rings (SSSR count). The average molecular weight is 674 g/mol. The van der Waals surface area contributed by atoms with Crippen LogP contribution in [0.1, 0.15) is 24.0 Å². The van der Waals surface area contributed by atoms with Crippen LogP contribution in [-0.2, 0) is 32.7 Å². The molecule has 1 amide bonds. The number of anilines is 1. The molecule has 0 aliphatic carbocycles. The molecular weight excluding hydrogens is 647 g/mol. The standard InChI is InChI=1S/C25H26ClN5O4S2.C2HF3O2/c1-35-20-9-3-7-18-23(20)25(29-37(33,34)22-11-10-21(26)36-22)28-31(18)15-17-6-2-5-16(13-17)14-30-12-4-8-19(30)24(27)32;3-2(4,5)1(6)7/h2-3,5-7,9-11,13,19H,4,8,12,14-15H2,1H3,(H2,27,32)(H,28,29);(H,6,7)/t19-;/m0./s1. The van der Waals surface area contributed by atoms with Gasteiger partial charge in [0.1, 0.15) is 9.96 Å². The number of methoxy groups -OCH3 is 1. The van der Waals surface area contributed by atoms with Gasteiger partial charge in [0, 0.05) is 6.54 Å². The molecule has 4 N–H and O–H groups in total. The molecule has 1 aliphatic rings. The molecule has 1 atom stereocenters. The molecule has 0 bridgehead atoms. The lowest BCUT2D eigenvalue weighted by atomic mass is 10.1. The predicted molar refractivity (Wildman–Crippen MR) is 158 cm³/mol. The summed E-state index contributed by atoms with van der Waals surface area (Å²) in [4.78, 5) is 22.8. The lowest BCUT2D eigenvalue weighted by Crippen LogP contribution is -2.39. The number of carboxylic acid groups (broad SMARTS) is 1. The number of aromatic nitrogens is 2. The van der Waals surface area contributed by atoms with Crippen LogP contribution >= 0.6 is 22.9 Å². The van der Waals surface area contributed by atoms with Gasteiger partial charge >= 0.3 is 12.1 Å². The van der Waals surface area contributed by atoms with E-state index in [-0.39, 0.29) is 22.0 Å². The minimum Gasteiger partial charge on any atom is -0.496 e. The van der Waals surface area contributed by atoms with Gasteiger partial charge in [0.15, 0.2) is 5.82 Å². The van der Waals surface area contributed by atoms with Crippen molar-refractivity contribution in [2.24, 2.45) is 5.73 Å². The zero-order chi connectivity index (χ0) is 32.2. The minimum atomic E-state index is -5.08. The Kier molecular flexibility index (Phi) is 10.1. The number of hydrogen-bond donors (Lipinski definition) is 3. The molecule has 0 spiro atoms. The highest BCUT2D eigenvalue weighted by Crippen LogP contribution is 2.35. The van der Waals surface area contributed by atoms with Gasteiger partial charge in [0.05, 0.1) is 34.9 Å². The maximum Gasteiger partial charge on any atom is 0.490 e. The maximum absolute atomic E-state index is 13.0. The van der Waals surface area contributed by atoms with E-state index in [4.69, 9.17) is 32.0 Å². The van der Waals surface area contributed by atoms with Crippen LogP contribution in [0.2, 0.25) is 4.34 Å². The summed E-state index contributed by atoms with van der Waals surface area (Å²) in [5, 5.41) is 12.3. The molecule has 11 nitrogen and oxygen atoms in total. The first-order valence-corrected chi connectivity index (χ1v) is 15.6. The second-order valence-corrected chi connectivity index (χ2v) is 13.3. The van der Waals surface area contributed by atoms with E-state index < -0.39 is 22.2 Å². The molecule has 4 aromatic rings. The molecule has 2 aromatic carbocycles. The van der Waals surface area contributed by atoms with Gasteiger partial charge in [-0.05, 0) is 54.8 Å². The Bertz CT molecular complexity index is 1780. The fourth-order valence-corrected chi connectivity index (χ4v) is 7.24. The summed E-state index contributed by atoms with van der Waals surface area (Å²) in [6.07, 6.45) is -3.35. The van der Waals surface area contributed by atoms with E-state index in [1.807, 2.05) is 30.3 Å². The lowest BCUT2D eigenvalue weighted by molar-refractivity contribution is -0.192. The highest BCUT2D eigenvalue weighted by Gasteiger charge is 2.38. The lowest BCUT2D eigenvalue weighted by Gasteiger charge is -2.22. The minimum absolute atomic E-state index is 0.0963. The van der Waals surface area contributed by atoms with E-state index in [0.717, 1.165) is 47.4 Å². The summed E-state index contributed by atoms with van der Waals surface area (Å²) in [7, 11) is -2.36. The quantitative estimate of drug-likeness (QED) is 0.231. The number of nitrogens with two attached hydrogens (primary N) is 1. The number of nitrogens with one attached hydrogen (secondary N) is 1. The smallest absolute Gasteiger partial charge is 0.490 e. The van der Waals surface area contributed by atoms with Crippen molar-refractivity contribution in [3.05, 3.63) is 70.1 Å². The number of alkyl halides is 3. The van der Waals surface area contributed by atoms with Crippen LogP contribution in [0.25, 0.3) is 10.9 Å². The third-order valence-electron chi connectivity index (χ3n) is 6.65. The highest BCUT2D eigenvalue weighted by atomic mass is 35.5. The molecule has 3 heterocycles. The van der Waals surface area contributed by atoms with Gasteiger partial charge in [-0.25, -0.2) is 13.2 Å². The number of fused-ring (bicyclic) bond motifs is 1. The Morgan fingerprint density at radius 1 is 1.16 bits per heavy atom. The average Bonchev–Trinajstić information content (AvgIpc) is 3.68. The number of carbonyl (C=O) groups is 2. The van der Waals surface area contributed by atoms with Gasteiger partial charge in [0.2, 0.25) is 5.91 Å². The molecule has 1 saturated heterocycles. The van der Waals surface area contributed by atoms with Crippen molar-refractivity contribution in [2.75, 3.05) is 18.4 Å². The van der Waals surface area contributed by atoms with E-state index >= 15 is 0 Å². The second-order valence-electron chi connectivity index (χ2n) is 9.68. The van der Waals surface area contributed by atoms with E-state index in [2.05, 4.69) is 20.8 Å². The van der Waals surface area contributed by atoms with Gasteiger partial charge in [-0.2, -0.15) is 18.3 Å². The van der Waals surface area contributed by atoms with Crippen molar-refractivity contribution in [2.45, 2.75) is 42.4 Å². The summed E-state index contributed by atoms with van der Waals surface area (Å²) >= 11 is 6.93. The van der Waals surface area contributed by atoms with E-state index in [9.17, 15) is 26.4 Å².